The van der Waals surface area contributed by atoms with Gasteiger partial charge in [0.05, 0.1) is 11.1 Å². The molecule has 3 rings (SSSR count). The number of fused-ring (bicyclic) bond motifs is 1. The number of amides is 5. The molecule has 0 atom stereocenters. The molecule has 0 radical (unpaired) electrons. The van der Waals surface area contributed by atoms with Gasteiger partial charge >= 0.3 is 6.09 Å². The Bertz CT molecular complexity index is 927. The number of piperidine rings is 1. The average molecular weight is 473 g/mol. The number of rotatable bonds is 7. The first-order valence-corrected chi connectivity index (χ1v) is 11.5. The van der Waals surface area contributed by atoms with Gasteiger partial charge in [0.2, 0.25) is 11.8 Å². The van der Waals surface area contributed by atoms with Crippen molar-refractivity contribution in [2.24, 2.45) is 0 Å². The van der Waals surface area contributed by atoms with Gasteiger partial charge in [0, 0.05) is 32.1 Å². The Kier molecular flexibility index (Phi) is 7.90. The number of ether oxygens (including phenoxy) is 1. The van der Waals surface area contributed by atoms with Crippen LogP contribution in [0.3, 0.4) is 0 Å². The Morgan fingerprint density at radius 2 is 1.62 bits per heavy atom. The van der Waals surface area contributed by atoms with Gasteiger partial charge in [-0.1, -0.05) is 12.1 Å². The van der Waals surface area contributed by atoms with E-state index in [2.05, 4.69) is 10.6 Å². The molecular weight excluding hydrogens is 440 g/mol. The molecule has 1 aromatic carbocycles. The maximum absolute atomic E-state index is 12.6. The molecule has 0 aromatic heterocycles. The number of alkyl carbamates (subject to hydrolysis) is 1. The molecule has 10 nitrogen and oxygen atoms in total. The van der Waals surface area contributed by atoms with E-state index in [9.17, 15) is 24.0 Å². The summed E-state index contributed by atoms with van der Waals surface area (Å²) in [6, 6.07) is 6.64. The fourth-order valence-electron chi connectivity index (χ4n) is 4.01. The van der Waals surface area contributed by atoms with E-state index in [0.717, 1.165) is 0 Å². The van der Waals surface area contributed by atoms with E-state index in [1.54, 1.807) is 49.9 Å². The zero-order valence-electron chi connectivity index (χ0n) is 19.9. The zero-order valence-corrected chi connectivity index (χ0v) is 19.9. The van der Waals surface area contributed by atoms with E-state index in [-0.39, 0.29) is 49.2 Å². The lowest BCUT2D eigenvalue weighted by atomic mass is 10.0. The fraction of sp³-hybridized carbons (Fsp3) is 0.542. The van der Waals surface area contributed by atoms with Crippen molar-refractivity contribution in [1.29, 1.82) is 0 Å². The lowest BCUT2D eigenvalue weighted by molar-refractivity contribution is -0.132. The second kappa shape index (κ2) is 10.7. The van der Waals surface area contributed by atoms with E-state index in [4.69, 9.17) is 4.74 Å². The second-order valence-electron chi connectivity index (χ2n) is 9.49. The number of nitrogens with zero attached hydrogens (tertiary/aromatic N) is 2. The number of nitrogens with one attached hydrogen (secondary N) is 2. The second-order valence-corrected chi connectivity index (χ2v) is 9.49. The Morgan fingerprint density at radius 3 is 2.18 bits per heavy atom. The summed E-state index contributed by atoms with van der Waals surface area (Å²) < 4.78 is 5.10. The molecule has 0 unspecified atom stereocenters. The molecule has 0 bridgehead atoms. The standard InChI is InChI=1S/C24H32N4O6/c1-24(2,3)34-23(33)25-15-19(29)26-16-10-13-27(14-11-16)20(30)9-6-12-28-21(31)17-7-4-5-8-18(17)22(28)32/h4-5,7-8,16H,6,9-15H2,1-3H3,(H,25,33)(H,26,29). The number of hydrogen-bond acceptors (Lipinski definition) is 6. The fourth-order valence-corrected chi connectivity index (χ4v) is 4.01. The molecule has 2 N–H and O–H groups in total. The summed E-state index contributed by atoms with van der Waals surface area (Å²) in [5, 5.41) is 5.29. The maximum Gasteiger partial charge on any atom is 0.408 e. The minimum Gasteiger partial charge on any atom is -0.444 e. The lowest BCUT2D eigenvalue weighted by Gasteiger charge is -2.32. The van der Waals surface area contributed by atoms with Crippen LogP contribution >= 0.6 is 0 Å². The molecule has 2 aliphatic heterocycles. The van der Waals surface area contributed by atoms with Gasteiger partial charge in [-0.2, -0.15) is 0 Å². The molecule has 2 aliphatic rings. The highest BCUT2D eigenvalue weighted by atomic mass is 16.6. The summed E-state index contributed by atoms with van der Waals surface area (Å²) in [4.78, 5) is 64.0. The van der Waals surface area contributed by atoms with Gasteiger partial charge in [-0.15, -0.1) is 0 Å². The number of likely N-dealkylation sites (tertiary alicyclic amines) is 1. The highest BCUT2D eigenvalue weighted by Gasteiger charge is 2.34. The van der Waals surface area contributed by atoms with Crippen molar-refractivity contribution in [2.45, 2.75) is 58.1 Å². The van der Waals surface area contributed by atoms with E-state index in [1.165, 1.54) is 4.90 Å². The average Bonchev–Trinajstić information content (AvgIpc) is 3.02. The Hall–Kier alpha value is -3.43. The summed E-state index contributed by atoms with van der Waals surface area (Å²) in [5.74, 6) is -0.971. The first kappa shape index (κ1) is 25.2. The smallest absolute Gasteiger partial charge is 0.408 e. The molecule has 5 amide bonds. The minimum absolute atomic E-state index is 0.0343. The predicted octanol–water partition coefficient (Wildman–Crippen LogP) is 1.69. The lowest BCUT2D eigenvalue weighted by Crippen LogP contribution is -2.49. The first-order valence-electron chi connectivity index (χ1n) is 11.5. The van der Waals surface area contributed by atoms with Crippen LogP contribution in [0.25, 0.3) is 0 Å². The van der Waals surface area contributed by atoms with E-state index in [0.29, 0.717) is 43.5 Å². The third-order valence-electron chi connectivity index (χ3n) is 5.66. The highest BCUT2D eigenvalue weighted by Crippen LogP contribution is 2.23. The molecule has 1 saturated heterocycles. The molecule has 10 heteroatoms. The van der Waals surface area contributed by atoms with Gasteiger partial charge in [-0.3, -0.25) is 24.1 Å². The van der Waals surface area contributed by atoms with Crippen LogP contribution in [-0.2, 0) is 14.3 Å². The molecule has 184 valence electrons. The maximum atomic E-state index is 12.6. The van der Waals surface area contributed by atoms with Crippen LogP contribution in [-0.4, -0.2) is 77.3 Å². The molecule has 1 fully saturated rings. The van der Waals surface area contributed by atoms with Crippen molar-refractivity contribution < 1.29 is 28.7 Å². The van der Waals surface area contributed by atoms with E-state index < -0.39 is 11.7 Å². The van der Waals surface area contributed by atoms with Crippen LogP contribution in [0.4, 0.5) is 4.79 Å². The number of benzene rings is 1. The number of carbonyl (C=O) groups excluding carboxylic acids is 5. The molecule has 0 spiro atoms. The van der Waals surface area contributed by atoms with Crippen molar-refractivity contribution in [2.75, 3.05) is 26.2 Å². The minimum atomic E-state index is -0.649. The van der Waals surface area contributed by atoms with Crippen molar-refractivity contribution in [3.8, 4) is 0 Å². The van der Waals surface area contributed by atoms with Crippen molar-refractivity contribution in [1.82, 2.24) is 20.4 Å². The summed E-state index contributed by atoms with van der Waals surface area (Å²) in [6.07, 6.45) is 1.22. The molecule has 0 saturated carbocycles. The van der Waals surface area contributed by atoms with E-state index in [1.807, 2.05) is 0 Å². The van der Waals surface area contributed by atoms with Crippen molar-refractivity contribution in [3.05, 3.63) is 35.4 Å². The zero-order chi connectivity index (χ0) is 24.9. The van der Waals surface area contributed by atoms with Crippen LogP contribution in [0.2, 0.25) is 0 Å². The first-order chi connectivity index (χ1) is 16.0. The van der Waals surface area contributed by atoms with E-state index >= 15 is 0 Å². The van der Waals surface area contributed by atoms with Crippen molar-refractivity contribution >= 4 is 29.7 Å². The third kappa shape index (κ3) is 6.55. The van der Waals surface area contributed by atoms with Crippen LogP contribution < -0.4 is 10.6 Å². The summed E-state index contributed by atoms with van der Waals surface area (Å²) in [6.45, 7) is 6.28. The summed E-state index contributed by atoms with van der Waals surface area (Å²) >= 11 is 0. The number of hydrogen-bond donors (Lipinski definition) is 2. The molecule has 34 heavy (non-hydrogen) atoms. The highest BCUT2D eigenvalue weighted by molar-refractivity contribution is 6.21. The Morgan fingerprint density at radius 1 is 1.03 bits per heavy atom. The van der Waals surface area contributed by atoms with Gasteiger partial charge < -0.3 is 20.3 Å². The summed E-state index contributed by atoms with van der Waals surface area (Å²) in [7, 11) is 0. The van der Waals surface area contributed by atoms with Gasteiger partial charge in [0.1, 0.15) is 12.1 Å². The normalized spacial score (nSPS) is 16.3. The van der Waals surface area contributed by atoms with Crippen LogP contribution in [0.1, 0.15) is 67.2 Å². The van der Waals surface area contributed by atoms with Gasteiger partial charge in [0.15, 0.2) is 0 Å². The van der Waals surface area contributed by atoms with Crippen LogP contribution in [0.15, 0.2) is 24.3 Å². The molecule has 2 heterocycles. The molecular formula is C24H32N4O6. The number of imide groups is 1. The predicted molar refractivity (Wildman–Crippen MR) is 123 cm³/mol. The molecule has 1 aromatic rings. The largest absolute Gasteiger partial charge is 0.444 e. The van der Waals surface area contributed by atoms with Gasteiger partial charge in [-0.05, 0) is 52.2 Å². The SMILES string of the molecule is CC(C)(C)OC(=O)NCC(=O)NC1CCN(C(=O)CCCN2C(=O)c3ccccc3C2=O)CC1. The Balaban J connectivity index is 1.33. The quantitative estimate of drug-likeness (QED) is 0.582. The van der Waals surface area contributed by atoms with Crippen molar-refractivity contribution in [3.63, 3.8) is 0 Å². The Labute approximate surface area is 199 Å². The topological polar surface area (TPSA) is 125 Å². The van der Waals surface area contributed by atoms with Crippen LogP contribution in [0, 0.1) is 0 Å². The molecule has 0 aliphatic carbocycles. The van der Waals surface area contributed by atoms with Gasteiger partial charge in [-0.25, -0.2) is 4.79 Å². The number of carbonyl (C=O) groups is 5. The van der Waals surface area contributed by atoms with Gasteiger partial charge in [0.25, 0.3) is 11.8 Å². The van der Waals surface area contributed by atoms with Crippen LogP contribution in [0.5, 0.6) is 0 Å². The summed E-state index contributed by atoms with van der Waals surface area (Å²) in [5.41, 5.74) is 0.179. The third-order valence-corrected chi connectivity index (χ3v) is 5.66. The monoisotopic (exact) mass is 472 g/mol.